The van der Waals surface area contributed by atoms with Crippen LogP contribution in [0.4, 0.5) is 0 Å². The van der Waals surface area contributed by atoms with Crippen molar-refractivity contribution in [3.8, 4) is 0 Å². The van der Waals surface area contributed by atoms with Gasteiger partial charge in [-0.2, -0.15) is 0 Å². The minimum Gasteiger partial charge on any atom is -0.344 e. The van der Waals surface area contributed by atoms with Gasteiger partial charge >= 0.3 is 0 Å². The van der Waals surface area contributed by atoms with Crippen LogP contribution in [0, 0.1) is 0 Å². The predicted octanol–water partition coefficient (Wildman–Crippen LogP) is 3.27. The number of aromatic nitrogens is 3. The van der Waals surface area contributed by atoms with Gasteiger partial charge in [0.1, 0.15) is 0 Å². The molecule has 4 rings (SSSR count). The summed E-state index contributed by atoms with van der Waals surface area (Å²) in [6.45, 7) is 3.95. The third kappa shape index (κ3) is 4.12. The van der Waals surface area contributed by atoms with Gasteiger partial charge in [-0.05, 0) is 49.2 Å². The topological polar surface area (TPSA) is 71.8 Å². The molecule has 0 saturated carbocycles. The summed E-state index contributed by atoms with van der Waals surface area (Å²) in [5, 5.41) is 17.0. The first kappa shape index (κ1) is 19.3. The lowest BCUT2D eigenvalue weighted by atomic mass is 9.99. The van der Waals surface area contributed by atoms with Crippen LogP contribution >= 0.6 is 12.4 Å². The molecule has 1 aromatic heterocycles. The Labute approximate surface area is 164 Å². The Balaban J connectivity index is 0.00000210. The zero-order valence-corrected chi connectivity index (χ0v) is 16.1. The summed E-state index contributed by atoms with van der Waals surface area (Å²) in [5.74, 6) is -0.189. The second-order valence-corrected chi connectivity index (χ2v) is 6.83. The summed E-state index contributed by atoms with van der Waals surface area (Å²) in [7, 11) is 0. The van der Waals surface area contributed by atoms with Gasteiger partial charge in [0.25, 0.3) is 5.91 Å². The number of fused-ring (bicyclic) bond motifs is 1. The van der Waals surface area contributed by atoms with Crippen LogP contribution in [0.25, 0.3) is 10.8 Å². The van der Waals surface area contributed by atoms with Crippen LogP contribution in [-0.4, -0.2) is 34.0 Å². The van der Waals surface area contributed by atoms with E-state index in [0.717, 1.165) is 36.9 Å². The molecule has 1 unspecified atom stereocenters. The molecule has 0 aliphatic carbocycles. The molecule has 0 radical (unpaired) electrons. The Morgan fingerprint density at radius 3 is 2.74 bits per heavy atom. The molecule has 0 spiro atoms. The van der Waals surface area contributed by atoms with E-state index < -0.39 is 0 Å². The largest absolute Gasteiger partial charge is 0.344 e. The standard InChI is InChI=1S/C20H23N5O.ClH/c1-14(17-8-4-6-15-5-2-3-7-18(15)17)22-20(26)19-13-25(24-23-19)16-9-11-21-12-10-16;/h2-8,13-14,16,21H,9-12H2,1H3,(H,22,26);1H. The van der Waals surface area contributed by atoms with Crippen molar-refractivity contribution >= 4 is 29.1 Å². The van der Waals surface area contributed by atoms with Crippen LogP contribution in [0.2, 0.25) is 0 Å². The van der Waals surface area contributed by atoms with Gasteiger partial charge in [0.05, 0.1) is 18.3 Å². The smallest absolute Gasteiger partial charge is 0.273 e. The van der Waals surface area contributed by atoms with Crippen molar-refractivity contribution in [1.29, 1.82) is 0 Å². The van der Waals surface area contributed by atoms with E-state index in [-0.39, 0.29) is 24.4 Å². The number of piperidine rings is 1. The summed E-state index contributed by atoms with van der Waals surface area (Å²) in [6.07, 6.45) is 3.79. The number of nitrogens with zero attached hydrogens (tertiary/aromatic N) is 3. The van der Waals surface area contributed by atoms with Crippen LogP contribution < -0.4 is 10.6 Å². The van der Waals surface area contributed by atoms with Crippen molar-refractivity contribution in [1.82, 2.24) is 25.6 Å². The number of amides is 1. The van der Waals surface area contributed by atoms with Gasteiger partial charge in [-0.3, -0.25) is 4.79 Å². The molecular formula is C20H24ClN5O. The summed E-state index contributed by atoms with van der Waals surface area (Å²) in [6, 6.07) is 14.6. The van der Waals surface area contributed by atoms with Gasteiger partial charge in [-0.15, -0.1) is 17.5 Å². The first-order valence-corrected chi connectivity index (χ1v) is 9.13. The Kier molecular flexibility index (Phi) is 6.08. The number of hydrogen-bond acceptors (Lipinski definition) is 4. The fourth-order valence-corrected chi connectivity index (χ4v) is 3.61. The van der Waals surface area contributed by atoms with Crippen molar-refractivity contribution < 1.29 is 4.79 Å². The fraction of sp³-hybridized carbons (Fsp3) is 0.350. The Hall–Kier alpha value is -2.44. The van der Waals surface area contributed by atoms with E-state index in [0.29, 0.717) is 11.7 Å². The second kappa shape index (κ2) is 8.50. The monoisotopic (exact) mass is 385 g/mol. The number of carbonyl (C=O) groups is 1. The molecule has 1 amide bonds. The van der Waals surface area contributed by atoms with E-state index in [1.54, 1.807) is 6.20 Å². The number of carbonyl (C=O) groups excluding carboxylic acids is 1. The van der Waals surface area contributed by atoms with Gasteiger partial charge in [0.2, 0.25) is 0 Å². The quantitative estimate of drug-likeness (QED) is 0.723. The lowest BCUT2D eigenvalue weighted by Gasteiger charge is -2.22. The average Bonchev–Trinajstić information content (AvgIpc) is 3.18. The van der Waals surface area contributed by atoms with Gasteiger partial charge in [0.15, 0.2) is 5.69 Å². The van der Waals surface area contributed by atoms with E-state index in [1.165, 1.54) is 5.39 Å². The highest BCUT2D eigenvalue weighted by Crippen LogP contribution is 2.24. The maximum absolute atomic E-state index is 12.6. The molecule has 1 aliphatic heterocycles. The zero-order valence-electron chi connectivity index (χ0n) is 15.3. The van der Waals surface area contributed by atoms with Crippen molar-refractivity contribution in [3.63, 3.8) is 0 Å². The number of halogens is 1. The van der Waals surface area contributed by atoms with Crippen LogP contribution in [0.3, 0.4) is 0 Å². The second-order valence-electron chi connectivity index (χ2n) is 6.83. The molecule has 3 aromatic rings. The Bertz CT molecular complexity index is 914. The minimum absolute atomic E-state index is 0. The van der Waals surface area contributed by atoms with Gasteiger partial charge in [0, 0.05) is 0 Å². The highest BCUT2D eigenvalue weighted by molar-refractivity contribution is 5.93. The lowest BCUT2D eigenvalue weighted by Crippen LogP contribution is -2.29. The predicted molar refractivity (Wildman–Crippen MR) is 108 cm³/mol. The van der Waals surface area contributed by atoms with E-state index in [9.17, 15) is 4.79 Å². The number of hydrogen-bond donors (Lipinski definition) is 2. The molecule has 2 N–H and O–H groups in total. The highest BCUT2D eigenvalue weighted by Gasteiger charge is 2.20. The molecule has 27 heavy (non-hydrogen) atoms. The summed E-state index contributed by atoms with van der Waals surface area (Å²) >= 11 is 0. The van der Waals surface area contributed by atoms with E-state index >= 15 is 0 Å². The molecular weight excluding hydrogens is 362 g/mol. The minimum atomic E-state index is -0.189. The molecule has 1 aliphatic rings. The van der Waals surface area contributed by atoms with Crippen LogP contribution in [-0.2, 0) is 0 Å². The summed E-state index contributed by atoms with van der Waals surface area (Å²) < 4.78 is 1.83. The lowest BCUT2D eigenvalue weighted by molar-refractivity contribution is 0.0935. The maximum atomic E-state index is 12.6. The molecule has 1 saturated heterocycles. The Morgan fingerprint density at radius 2 is 1.93 bits per heavy atom. The molecule has 142 valence electrons. The molecule has 2 heterocycles. The zero-order chi connectivity index (χ0) is 17.9. The molecule has 7 heteroatoms. The van der Waals surface area contributed by atoms with Gasteiger partial charge < -0.3 is 10.6 Å². The SMILES string of the molecule is CC(NC(=O)c1cn(C2CCNCC2)nn1)c1cccc2ccccc12.Cl. The highest BCUT2D eigenvalue weighted by atomic mass is 35.5. The molecule has 2 aromatic carbocycles. The van der Waals surface area contributed by atoms with Crippen molar-refractivity contribution in [2.45, 2.75) is 31.8 Å². The van der Waals surface area contributed by atoms with Crippen molar-refractivity contribution in [3.05, 3.63) is 59.9 Å². The fourth-order valence-electron chi connectivity index (χ4n) is 3.61. The number of benzene rings is 2. The number of rotatable bonds is 4. The van der Waals surface area contributed by atoms with E-state index in [1.807, 2.05) is 29.8 Å². The van der Waals surface area contributed by atoms with Crippen LogP contribution in [0.15, 0.2) is 48.7 Å². The maximum Gasteiger partial charge on any atom is 0.273 e. The normalized spacial score (nSPS) is 15.9. The molecule has 1 atom stereocenters. The first-order valence-electron chi connectivity index (χ1n) is 9.13. The molecule has 6 nitrogen and oxygen atoms in total. The third-order valence-corrected chi connectivity index (χ3v) is 5.06. The van der Waals surface area contributed by atoms with Gasteiger partial charge in [-0.25, -0.2) is 4.68 Å². The first-order chi connectivity index (χ1) is 12.7. The summed E-state index contributed by atoms with van der Waals surface area (Å²) in [5.41, 5.74) is 1.47. The van der Waals surface area contributed by atoms with E-state index in [2.05, 4.69) is 45.2 Å². The van der Waals surface area contributed by atoms with Crippen molar-refractivity contribution in [2.75, 3.05) is 13.1 Å². The van der Waals surface area contributed by atoms with Crippen molar-refractivity contribution in [2.24, 2.45) is 0 Å². The van der Waals surface area contributed by atoms with Crippen LogP contribution in [0.5, 0.6) is 0 Å². The van der Waals surface area contributed by atoms with Gasteiger partial charge in [-0.1, -0.05) is 47.7 Å². The summed E-state index contributed by atoms with van der Waals surface area (Å²) in [4.78, 5) is 12.6. The Morgan fingerprint density at radius 1 is 1.19 bits per heavy atom. The third-order valence-electron chi connectivity index (χ3n) is 5.06. The molecule has 0 bridgehead atoms. The number of nitrogens with one attached hydrogen (secondary N) is 2. The van der Waals surface area contributed by atoms with E-state index in [4.69, 9.17) is 0 Å². The van der Waals surface area contributed by atoms with Crippen LogP contribution in [0.1, 0.15) is 47.9 Å². The average molecular weight is 386 g/mol. The molecule has 1 fully saturated rings.